The third-order valence-electron chi connectivity index (χ3n) is 6.18. The molecule has 7 heteroatoms. The Kier molecular flexibility index (Phi) is 5.51. The van der Waals surface area contributed by atoms with E-state index in [1.54, 1.807) is 28.6 Å². The summed E-state index contributed by atoms with van der Waals surface area (Å²) >= 11 is 6.15. The highest BCUT2D eigenvalue weighted by Gasteiger charge is 2.50. The molecule has 4 rings (SSSR count). The highest BCUT2D eigenvalue weighted by atomic mass is 35.5. The number of halogens is 1. The Balaban J connectivity index is 1.53. The first-order chi connectivity index (χ1) is 13.4. The van der Waals surface area contributed by atoms with Gasteiger partial charge in [-0.3, -0.25) is 4.90 Å². The fourth-order valence-corrected chi connectivity index (χ4v) is 6.57. The second-order valence-electron chi connectivity index (χ2n) is 7.92. The van der Waals surface area contributed by atoms with E-state index in [1.807, 2.05) is 18.2 Å². The van der Waals surface area contributed by atoms with Crippen LogP contribution in [0.5, 0.6) is 0 Å². The number of aliphatic hydroxyl groups excluding tert-OH is 1. The van der Waals surface area contributed by atoms with Gasteiger partial charge in [0.25, 0.3) is 0 Å². The summed E-state index contributed by atoms with van der Waals surface area (Å²) in [6, 6.07) is 16.8. The lowest BCUT2D eigenvalue weighted by Crippen LogP contribution is -2.50. The number of nitrogens with zero attached hydrogens (tertiary/aromatic N) is 2. The zero-order valence-electron chi connectivity index (χ0n) is 15.7. The Hall–Kier alpha value is -1.44. The van der Waals surface area contributed by atoms with Crippen molar-refractivity contribution in [3.63, 3.8) is 0 Å². The van der Waals surface area contributed by atoms with Gasteiger partial charge < -0.3 is 5.11 Å². The van der Waals surface area contributed by atoms with Gasteiger partial charge in [0, 0.05) is 38.1 Å². The highest BCUT2D eigenvalue weighted by molar-refractivity contribution is 7.89. The first kappa shape index (κ1) is 19.9. The van der Waals surface area contributed by atoms with Crippen molar-refractivity contribution in [2.75, 3.05) is 32.8 Å². The summed E-state index contributed by atoms with van der Waals surface area (Å²) in [6.45, 7) is 3.30. The lowest BCUT2D eigenvalue weighted by molar-refractivity contribution is 0.0436. The average molecular weight is 421 g/mol. The minimum atomic E-state index is -3.64. The molecule has 2 aliphatic heterocycles. The van der Waals surface area contributed by atoms with E-state index in [2.05, 4.69) is 17.0 Å². The number of hydrogen-bond donors (Lipinski definition) is 1. The second kappa shape index (κ2) is 7.76. The summed E-state index contributed by atoms with van der Waals surface area (Å²) in [6.07, 6.45) is 0.656. The summed E-state index contributed by atoms with van der Waals surface area (Å²) in [5, 5.41) is 10.4. The number of fused-ring (bicyclic) bond motifs is 1. The molecule has 0 aliphatic carbocycles. The summed E-state index contributed by atoms with van der Waals surface area (Å²) in [5.74, 6) is 0.104. The maximum Gasteiger partial charge on any atom is 0.244 e. The van der Waals surface area contributed by atoms with Crippen molar-refractivity contribution in [1.82, 2.24) is 9.21 Å². The molecule has 2 heterocycles. The van der Waals surface area contributed by atoms with Gasteiger partial charge in [0.2, 0.25) is 10.0 Å². The molecule has 150 valence electrons. The number of aliphatic hydroxyl groups is 1. The number of hydrogen-bond acceptors (Lipinski definition) is 4. The zero-order chi connectivity index (χ0) is 19.8. The van der Waals surface area contributed by atoms with Crippen LogP contribution in [0, 0.1) is 11.3 Å². The Labute approximate surface area is 171 Å². The van der Waals surface area contributed by atoms with Gasteiger partial charge in [-0.25, -0.2) is 8.42 Å². The first-order valence-corrected chi connectivity index (χ1v) is 11.4. The van der Waals surface area contributed by atoms with Crippen molar-refractivity contribution >= 4 is 21.6 Å². The molecule has 0 amide bonds. The van der Waals surface area contributed by atoms with Crippen LogP contribution < -0.4 is 0 Å². The Morgan fingerprint density at radius 1 is 1.07 bits per heavy atom. The van der Waals surface area contributed by atoms with Crippen LogP contribution in [0.4, 0.5) is 0 Å². The second-order valence-corrected chi connectivity index (χ2v) is 10.2. The molecular formula is C21H25ClN2O3S. The summed E-state index contributed by atoms with van der Waals surface area (Å²) in [4.78, 5) is 2.49. The van der Waals surface area contributed by atoms with Crippen LogP contribution in [0.2, 0.25) is 5.02 Å². The van der Waals surface area contributed by atoms with E-state index in [9.17, 15) is 13.5 Å². The molecule has 2 aromatic rings. The van der Waals surface area contributed by atoms with Gasteiger partial charge in [-0.05, 0) is 30.0 Å². The van der Waals surface area contributed by atoms with E-state index in [0.717, 1.165) is 19.6 Å². The summed E-state index contributed by atoms with van der Waals surface area (Å²) < 4.78 is 27.8. The topological polar surface area (TPSA) is 60.9 Å². The van der Waals surface area contributed by atoms with Gasteiger partial charge >= 0.3 is 0 Å². The third-order valence-corrected chi connectivity index (χ3v) is 8.55. The van der Waals surface area contributed by atoms with Crippen molar-refractivity contribution in [3.05, 3.63) is 65.2 Å². The molecule has 0 radical (unpaired) electrons. The predicted molar refractivity (Wildman–Crippen MR) is 110 cm³/mol. The van der Waals surface area contributed by atoms with Gasteiger partial charge in [-0.1, -0.05) is 54.1 Å². The molecule has 28 heavy (non-hydrogen) atoms. The third kappa shape index (κ3) is 3.60. The predicted octanol–water partition coefficient (Wildman–Crippen LogP) is 2.85. The number of sulfonamides is 1. The Bertz CT molecular complexity index is 938. The first-order valence-electron chi connectivity index (χ1n) is 9.56. The SMILES string of the molecule is O=S(=O)(c1ccccc1Cl)N1CC[C@@]2(CO)CN(Cc3ccccc3)C[C@H]2C1. The Morgan fingerprint density at radius 3 is 2.50 bits per heavy atom. The van der Waals surface area contributed by atoms with E-state index < -0.39 is 10.0 Å². The van der Waals surface area contributed by atoms with Crippen LogP contribution in [0.15, 0.2) is 59.5 Å². The lowest BCUT2D eigenvalue weighted by atomic mass is 9.74. The Morgan fingerprint density at radius 2 is 1.79 bits per heavy atom. The fourth-order valence-electron chi connectivity index (χ4n) is 4.59. The van der Waals surface area contributed by atoms with Crippen LogP contribution >= 0.6 is 11.6 Å². The number of piperidine rings is 1. The average Bonchev–Trinajstić information content (AvgIpc) is 3.06. The highest BCUT2D eigenvalue weighted by Crippen LogP contribution is 2.44. The van der Waals surface area contributed by atoms with E-state index in [0.29, 0.717) is 19.5 Å². The van der Waals surface area contributed by atoms with Crippen LogP contribution in [-0.4, -0.2) is 55.5 Å². The van der Waals surface area contributed by atoms with Gasteiger partial charge in [0.1, 0.15) is 4.90 Å². The van der Waals surface area contributed by atoms with Crippen molar-refractivity contribution < 1.29 is 13.5 Å². The van der Waals surface area contributed by atoms with Crippen molar-refractivity contribution in [2.24, 2.45) is 11.3 Å². The smallest absolute Gasteiger partial charge is 0.244 e. The zero-order valence-corrected chi connectivity index (χ0v) is 17.2. The van der Waals surface area contributed by atoms with Crippen LogP contribution in [0.3, 0.4) is 0 Å². The number of rotatable bonds is 5. The normalized spacial score (nSPS) is 26.3. The molecule has 2 saturated heterocycles. The van der Waals surface area contributed by atoms with Crippen LogP contribution in [-0.2, 0) is 16.6 Å². The van der Waals surface area contributed by atoms with Crippen LogP contribution in [0.25, 0.3) is 0 Å². The largest absolute Gasteiger partial charge is 0.396 e. The summed E-state index contributed by atoms with van der Waals surface area (Å²) in [7, 11) is -3.64. The lowest BCUT2D eigenvalue weighted by Gasteiger charge is -2.41. The molecular weight excluding hydrogens is 396 g/mol. The van der Waals surface area contributed by atoms with E-state index >= 15 is 0 Å². The molecule has 2 aliphatic rings. The van der Waals surface area contributed by atoms with Crippen molar-refractivity contribution in [1.29, 1.82) is 0 Å². The van der Waals surface area contributed by atoms with Gasteiger partial charge in [-0.15, -0.1) is 0 Å². The summed E-state index contributed by atoms with van der Waals surface area (Å²) in [5.41, 5.74) is 0.996. The maximum atomic E-state index is 13.1. The molecule has 2 fully saturated rings. The van der Waals surface area contributed by atoms with Gasteiger partial charge in [0.05, 0.1) is 11.6 Å². The van der Waals surface area contributed by atoms with Gasteiger partial charge in [0.15, 0.2) is 0 Å². The van der Waals surface area contributed by atoms with Crippen LogP contribution in [0.1, 0.15) is 12.0 Å². The minimum absolute atomic E-state index is 0.0862. The molecule has 0 unspecified atom stereocenters. The molecule has 0 spiro atoms. The molecule has 1 N–H and O–H groups in total. The molecule has 2 atom stereocenters. The monoisotopic (exact) mass is 420 g/mol. The van der Waals surface area contributed by atoms with E-state index in [4.69, 9.17) is 11.6 Å². The quantitative estimate of drug-likeness (QED) is 0.808. The number of likely N-dealkylation sites (tertiary alicyclic amines) is 1. The van der Waals surface area contributed by atoms with E-state index in [1.165, 1.54) is 5.56 Å². The fraction of sp³-hybridized carbons (Fsp3) is 0.429. The standard InChI is InChI=1S/C21H25ClN2O3S/c22-19-8-4-5-9-20(19)28(26,27)24-11-10-21(16-25)15-23(13-18(21)14-24)12-17-6-2-1-3-7-17/h1-9,18,25H,10-16H2/t18-,21-/m0/s1. The van der Waals surface area contributed by atoms with Gasteiger partial charge in [-0.2, -0.15) is 4.31 Å². The van der Waals surface area contributed by atoms with E-state index in [-0.39, 0.29) is 27.9 Å². The molecule has 5 nitrogen and oxygen atoms in total. The van der Waals surface area contributed by atoms with Crippen molar-refractivity contribution in [2.45, 2.75) is 17.9 Å². The molecule has 0 saturated carbocycles. The minimum Gasteiger partial charge on any atom is -0.396 e. The number of benzene rings is 2. The molecule has 0 aromatic heterocycles. The molecule has 2 aromatic carbocycles. The molecule has 0 bridgehead atoms. The van der Waals surface area contributed by atoms with Crippen molar-refractivity contribution in [3.8, 4) is 0 Å². The maximum absolute atomic E-state index is 13.1.